The van der Waals surface area contributed by atoms with Gasteiger partial charge in [0.15, 0.2) is 0 Å². The molecule has 138 valence electrons. The molecule has 0 atom stereocenters. The number of nitrogens with zero attached hydrogens (tertiary/aromatic N) is 3. The van der Waals surface area contributed by atoms with Crippen molar-refractivity contribution in [2.75, 3.05) is 32.7 Å². The molecule has 1 aliphatic heterocycles. The third-order valence-corrected chi connectivity index (χ3v) is 5.63. The van der Waals surface area contributed by atoms with Crippen LogP contribution in [-0.2, 0) is 11.3 Å². The second-order valence-corrected chi connectivity index (χ2v) is 8.11. The van der Waals surface area contributed by atoms with Gasteiger partial charge in [-0.25, -0.2) is 5.43 Å². The number of halogens is 1. The van der Waals surface area contributed by atoms with Gasteiger partial charge in [-0.1, -0.05) is 29.8 Å². The topological polar surface area (TPSA) is 47.9 Å². The first kappa shape index (κ1) is 19.0. The molecule has 1 aliphatic rings. The van der Waals surface area contributed by atoms with Crippen LogP contribution in [0.25, 0.3) is 0 Å². The van der Waals surface area contributed by atoms with Gasteiger partial charge in [0.05, 0.1) is 12.8 Å². The van der Waals surface area contributed by atoms with Crippen LogP contribution in [0.2, 0.25) is 5.02 Å². The maximum atomic E-state index is 12.0. The van der Waals surface area contributed by atoms with E-state index in [9.17, 15) is 4.79 Å². The Morgan fingerprint density at radius 1 is 1.19 bits per heavy atom. The first-order chi connectivity index (χ1) is 12.6. The molecular formula is C19H23ClN4OS. The number of thiophene rings is 1. The number of hydrogen-bond acceptors (Lipinski definition) is 5. The van der Waals surface area contributed by atoms with Crippen LogP contribution in [0.15, 0.2) is 41.5 Å². The highest BCUT2D eigenvalue weighted by Crippen LogP contribution is 2.17. The number of carbonyl (C=O) groups excluding carboxylic acids is 1. The van der Waals surface area contributed by atoms with Gasteiger partial charge >= 0.3 is 0 Å². The minimum atomic E-state index is -0.0749. The van der Waals surface area contributed by atoms with E-state index in [1.807, 2.05) is 37.3 Å². The van der Waals surface area contributed by atoms with E-state index < -0.39 is 0 Å². The zero-order valence-corrected chi connectivity index (χ0v) is 16.4. The van der Waals surface area contributed by atoms with Crippen molar-refractivity contribution in [2.45, 2.75) is 13.5 Å². The summed E-state index contributed by atoms with van der Waals surface area (Å²) in [5.74, 6) is -0.0749. The van der Waals surface area contributed by atoms with E-state index in [4.69, 9.17) is 11.6 Å². The molecule has 1 aromatic carbocycles. The quantitative estimate of drug-likeness (QED) is 0.609. The second kappa shape index (κ2) is 9.28. The lowest BCUT2D eigenvalue weighted by Crippen LogP contribution is -2.48. The maximum absolute atomic E-state index is 12.0. The Kier molecular flexibility index (Phi) is 6.80. The van der Waals surface area contributed by atoms with Crippen molar-refractivity contribution in [1.82, 2.24) is 15.2 Å². The lowest BCUT2D eigenvalue weighted by atomic mass is 10.2. The third-order valence-electron chi connectivity index (χ3n) is 4.33. The Balaban J connectivity index is 1.39. The molecule has 0 spiro atoms. The standard InChI is InChI=1S/C19H23ClN4OS/c1-15-6-7-17(26-15)12-21-22-19(25)14-24-10-8-23(9-11-24)13-16-4-2-3-5-18(16)20/h2-7,12H,8-11,13-14H2,1H3,(H,22,25)/b21-12-. The zero-order chi connectivity index (χ0) is 18.4. The molecule has 0 radical (unpaired) electrons. The Bertz CT molecular complexity index is 768. The van der Waals surface area contributed by atoms with Gasteiger partial charge in [0.25, 0.3) is 5.91 Å². The molecule has 26 heavy (non-hydrogen) atoms. The summed E-state index contributed by atoms with van der Waals surface area (Å²) in [6.45, 7) is 6.86. The Hall–Kier alpha value is -1.73. The van der Waals surface area contributed by atoms with Gasteiger partial charge < -0.3 is 0 Å². The number of piperazine rings is 1. The molecule has 1 fully saturated rings. The van der Waals surface area contributed by atoms with Crippen LogP contribution in [0.3, 0.4) is 0 Å². The number of rotatable bonds is 6. The molecule has 7 heteroatoms. The normalized spacial score (nSPS) is 16.2. The molecule has 3 rings (SSSR count). The molecule has 1 saturated heterocycles. The number of carbonyl (C=O) groups is 1. The van der Waals surface area contributed by atoms with Gasteiger partial charge in [-0.2, -0.15) is 5.10 Å². The summed E-state index contributed by atoms with van der Waals surface area (Å²) in [5, 5.41) is 4.85. The number of hydrogen-bond donors (Lipinski definition) is 1. The smallest absolute Gasteiger partial charge is 0.254 e. The average molecular weight is 391 g/mol. The highest BCUT2D eigenvalue weighted by atomic mass is 35.5. The van der Waals surface area contributed by atoms with Crippen LogP contribution < -0.4 is 5.43 Å². The lowest BCUT2D eigenvalue weighted by molar-refractivity contribution is -0.122. The minimum absolute atomic E-state index is 0.0749. The summed E-state index contributed by atoms with van der Waals surface area (Å²) in [7, 11) is 0. The summed E-state index contributed by atoms with van der Waals surface area (Å²) >= 11 is 7.88. The van der Waals surface area contributed by atoms with E-state index in [0.29, 0.717) is 6.54 Å². The fourth-order valence-corrected chi connectivity index (χ4v) is 3.85. The van der Waals surface area contributed by atoms with Gasteiger partial charge in [-0.3, -0.25) is 14.6 Å². The molecule has 1 amide bonds. The Morgan fingerprint density at radius 3 is 2.62 bits per heavy atom. The molecule has 0 saturated carbocycles. The SMILES string of the molecule is Cc1ccc(/C=N\NC(=O)CN2CCN(Cc3ccccc3Cl)CC2)s1. The number of nitrogens with one attached hydrogen (secondary N) is 1. The van der Waals surface area contributed by atoms with Crippen molar-refractivity contribution in [1.29, 1.82) is 0 Å². The van der Waals surface area contributed by atoms with Crippen molar-refractivity contribution in [3.8, 4) is 0 Å². The van der Waals surface area contributed by atoms with Gasteiger partial charge in [0, 0.05) is 47.5 Å². The van der Waals surface area contributed by atoms with Crippen LogP contribution >= 0.6 is 22.9 Å². The number of hydrazone groups is 1. The van der Waals surface area contributed by atoms with Gasteiger partial charge in [0.1, 0.15) is 0 Å². The van der Waals surface area contributed by atoms with Crippen LogP contribution in [0.1, 0.15) is 15.3 Å². The molecule has 2 heterocycles. The van der Waals surface area contributed by atoms with E-state index in [-0.39, 0.29) is 5.91 Å². The van der Waals surface area contributed by atoms with E-state index in [0.717, 1.165) is 48.2 Å². The maximum Gasteiger partial charge on any atom is 0.254 e. The predicted molar refractivity (Wildman–Crippen MR) is 108 cm³/mol. The highest BCUT2D eigenvalue weighted by molar-refractivity contribution is 7.13. The summed E-state index contributed by atoms with van der Waals surface area (Å²) in [4.78, 5) is 18.8. The van der Waals surface area contributed by atoms with Crippen LogP contribution in [0, 0.1) is 6.92 Å². The highest BCUT2D eigenvalue weighted by Gasteiger charge is 2.19. The lowest BCUT2D eigenvalue weighted by Gasteiger charge is -2.34. The molecule has 0 aliphatic carbocycles. The Morgan fingerprint density at radius 2 is 1.92 bits per heavy atom. The molecule has 1 aromatic heterocycles. The number of benzene rings is 1. The van der Waals surface area contributed by atoms with Gasteiger partial charge in [0.2, 0.25) is 0 Å². The first-order valence-corrected chi connectivity index (χ1v) is 9.86. The molecular weight excluding hydrogens is 368 g/mol. The average Bonchev–Trinajstić information content (AvgIpc) is 3.04. The third kappa shape index (κ3) is 5.64. The molecule has 0 bridgehead atoms. The molecule has 2 aromatic rings. The van der Waals surface area contributed by atoms with Crippen LogP contribution in [0.4, 0.5) is 0 Å². The summed E-state index contributed by atoms with van der Waals surface area (Å²) in [5.41, 5.74) is 3.76. The predicted octanol–water partition coefficient (Wildman–Crippen LogP) is 2.98. The molecule has 0 unspecified atom stereocenters. The van der Waals surface area contributed by atoms with Crippen molar-refractivity contribution >= 4 is 35.1 Å². The summed E-state index contributed by atoms with van der Waals surface area (Å²) in [6.07, 6.45) is 1.69. The number of amides is 1. The van der Waals surface area contributed by atoms with E-state index >= 15 is 0 Å². The van der Waals surface area contributed by atoms with Gasteiger partial charge in [-0.15, -0.1) is 11.3 Å². The van der Waals surface area contributed by atoms with Crippen molar-refractivity contribution in [3.05, 3.63) is 56.7 Å². The van der Waals surface area contributed by atoms with Crippen molar-refractivity contribution < 1.29 is 4.79 Å². The fourth-order valence-electron chi connectivity index (χ4n) is 2.90. The van der Waals surface area contributed by atoms with Crippen LogP contribution in [-0.4, -0.2) is 54.6 Å². The summed E-state index contributed by atoms with van der Waals surface area (Å²) < 4.78 is 0. The van der Waals surface area contributed by atoms with E-state index in [1.165, 1.54) is 4.88 Å². The fraction of sp³-hybridized carbons (Fsp3) is 0.368. The summed E-state index contributed by atoms with van der Waals surface area (Å²) in [6, 6.07) is 12.0. The monoisotopic (exact) mass is 390 g/mol. The van der Waals surface area contributed by atoms with Crippen molar-refractivity contribution in [2.24, 2.45) is 5.10 Å². The van der Waals surface area contributed by atoms with E-state index in [1.54, 1.807) is 17.6 Å². The first-order valence-electron chi connectivity index (χ1n) is 8.66. The van der Waals surface area contributed by atoms with Gasteiger partial charge in [-0.05, 0) is 30.7 Å². The Labute approximate surface area is 163 Å². The van der Waals surface area contributed by atoms with Crippen LogP contribution in [0.5, 0.6) is 0 Å². The molecule has 5 nitrogen and oxygen atoms in total. The minimum Gasteiger partial charge on any atom is -0.296 e. The largest absolute Gasteiger partial charge is 0.296 e. The number of aryl methyl sites for hydroxylation is 1. The van der Waals surface area contributed by atoms with E-state index in [2.05, 4.69) is 26.4 Å². The second-order valence-electron chi connectivity index (χ2n) is 6.39. The molecule has 1 N–H and O–H groups in total. The van der Waals surface area contributed by atoms with Crippen molar-refractivity contribution in [3.63, 3.8) is 0 Å². The zero-order valence-electron chi connectivity index (χ0n) is 14.8.